The van der Waals surface area contributed by atoms with Crippen molar-refractivity contribution in [3.05, 3.63) is 65.2 Å². The summed E-state index contributed by atoms with van der Waals surface area (Å²) in [6, 6.07) is 2.99. The zero-order valence-electron chi connectivity index (χ0n) is 9.67. The van der Waals surface area contributed by atoms with Crippen molar-refractivity contribution in [3.63, 3.8) is 0 Å². The predicted molar refractivity (Wildman–Crippen MR) is 71.3 cm³/mol. The molecule has 0 aliphatic rings. The topological polar surface area (TPSA) is 111 Å². The summed E-state index contributed by atoms with van der Waals surface area (Å²) in [5.41, 5.74) is -2.15. The molecule has 2 aromatic heterocycles. The Bertz CT molecular complexity index is 799. The number of halogens is 2. The lowest BCUT2D eigenvalue weighted by Gasteiger charge is -2.06. The normalized spacial score (nSPS) is 10.5. The molecule has 10 heteroatoms. The number of nitro groups is 1. The zero-order valence-corrected chi connectivity index (χ0v) is 11.2. The van der Waals surface area contributed by atoms with Crippen LogP contribution in [0.15, 0.2) is 27.9 Å². The molecule has 8 nitrogen and oxygen atoms in total. The second-order valence-corrected chi connectivity index (χ2v) is 4.49. The highest BCUT2D eigenvalue weighted by Crippen LogP contribution is 2.17. The van der Waals surface area contributed by atoms with E-state index in [1.807, 2.05) is 4.98 Å². The van der Waals surface area contributed by atoms with Gasteiger partial charge in [0, 0.05) is 5.56 Å². The summed E-state index contributed by atoms with van der Waals surface area (Å²) in [5, 5.41) is 10.9. The van der Waals surface area contributed by atoms with Crippen LogP contribution in [0.4, 0.5) is 5.69 Å². The number of pyridine rings is 1. The van der Waals surface area contributed by atoms with Crippen LogP contribution in [0, 0.1) is 10.1 Å². The Kier molecular flexibility index (Phi) is 3.86. The van der Waals surface area contributed by atoms with E-state index in [4.69, 9.17) is 23.2 Å². The van der Waals surface area contributed by atoms with Gasteiger partial charge in [0.05, 0.1) is 17.7 Å². The minimum Gasteiger partial charge on any atom is -0.289 e. The highest BCUT2D eigenvalue weighted by atomic mass is 35.5. The first-order chi connectivity index (χ1) is 9.38. The number of nitrogens with zero attached hydrogens (tertiary/aromatic N) is 3. The van der Waals surface area contributed by atoms with Crippen molar-refractivity contribution in [1.29, 1.82) is 0 Å². The van der Waals surface area contributed by atoms with Crippen molar-refractivity contribution >= 4 is 28.9 Å². The first-order valence-electron chi connectivity index (χ1n) is 5.17. The molecule has 0 saturated heterocycles. The molecule has 0 bridgehead atoms. The van der Waals surface area contributed by atoms with E-state index in [1.54, 1.807) is 0 Å². The molecule has 2 aromatic rings. The van der Waals surface area contributed by atoms with Crippen molar-refractivity contribution in [2.75, 3.05) is 0 Å². The summed E-state index contributed by atoms with van der Waals surface area (Å²) in [4.78, 5) is 38.3. The van der Waals surface area contributed by atoms with E-state index >= 15 is 0 Å². The maximum Gasteiger partial charge on any atom is 0.350 e. The number of rotatable bonds is 3. The number of nitrogens with one attached hydrogen (secondary N) is 1. The van der Waals surface area contributed by atoms with Crippen molar-refractivity contribution in [3.8, 4) is 0 Å². The summed E-state index contributed by atoms with van der Waals surface area (Å²) < 4.78 is 0.955. The number of H-pyrrole nitrogens is 1. The van der Waals surface area contributed by atoms with Crippen molar-refractivity contribution in [2.24, 2.45) is 0 Å². The Labute approximate surface area is 120 Å². The van der Waals surface area contributed by atoms with Gasteiger partial charge < -0.3 is 0 Å². The fourth-order valence-electron chi connectivity index (χ4n) is 1.49. The average molecular weight is 317 g/mol. The molecule has 1 N–H and O–H groups in total. The molecule has 0 saturated carbocycles. The van der Waals surface area contributed by atoms with Gasteiger partial charge in [0.2, 0.25) is 0 Å². The van der Waals surface area contributed by atoms with Crippen LogP contribution in [0.1, 0.15) is 5.56 Å². The standard InChI is InChI=1S/C10H6Cl2N4O4/c11-7-2-1-5(8(12)13-7)3-15-4-6(16(19)20)9(17)14-10(15)18/h1-2,4H,3H2,(H,14,17,18). The van der Waals surface area contributed by atoms with Gasteiger partial charge in [0.25, 0.3) is 0 Å². The molecule has 0 spiro atoms. The van der Waals surface area contributed by atoms with E-state index in [2.05, 4.69) is 4.98 Å². The summed E-state index contributed by atoms with van der Waals surface area (Å²) in [6.45, 7) is -0.0839. The molecular weight excluding hydrogens is 311 g/mol. The molecule has 0 amide bonds. The lowest BCUT2D eigenvalue weighted by atomic mass is 10.3. The Balaban J connectivity index is 2.48. The molecule has 0 fully saturated rings. The van der Waals surface area contributed by atoms with Gasteiger partial charge in [0.15, 0.2) is 0 Å². The molecule has 0 aliphatic heterocycles. The Morgan fingerprint density at radius 3 is 2.65 bits per heavy atom. The van der Waals surface area contributed by atoms with Crippen LogP contribution in [0.2, 0.25) is 10.3 Å². The monoisotopic (exact) mass is 316 g/mol. The van der Waals surface area contributed by atoms with Gasteiger partial charge in [-0.2, -0.15) is 0 Å². The molecule has 0 radical (unpaired) electrons. The molecule has 2 heterocycles. The first-order valence-corrected chi connectivity index (χ1v) is 5.93. The Hall–Kier alpha value is -2.19. The van der Waals surface area contributed by atoms with Crippen LogP contribution in [-0.2, 0) is 6.54 Å². The molecule has 0 aromatic carbocycles. The smallest absolute Gasteiger partial charge is 0.289 e. The second-order valence-electron chi connectivity index (χ2n) is 3.74. The summed E-state index contributed by atoms with van der Waals surface area (Å²) in [6.07, 6.45) is 0.853. The van der Waals surface area contributed by atoms with Crippen molar-refractivity contribution < 1.29 is 4.92 Å². The van der Waals surface area contributed by atoms with Crippen LogP contribution in [0.5, 0.6) is 0 Å². The van der Waals surface area contributed by atoms with Gasteiger partial charge in [-0.1, -0.05) is 29.3 Å². The van der Waals surface area contributed by atoms with Crippen LogP contribution >= 0.6 is 23.2 Å². The van der Waals surface area contributed by atoms with E-state index in [0.29, 0.717) is 5.56 Å². The van der Waals surface area contributed by atoms with E-state index in [-0.39, 0.29) is 16.9 Å². The lowest BCUT2D eigenvalue weighted by Crippen LogP contribution is -2.31. The van der Waals surface area contributed by atoms with Crippen molar-refractivity contribution in [1.82, 2.24) is 14.5 Å². The van der Waals surface area contributed by atoms with Crippen LogP contribution in [-0.4, -0.2) is 19.5 Å². The second kappa shape index (κ2) is 5.43. The quantitative estimate of drug-likeness (QED) is 0.519. The number of hydrogen-bond donors (Lipinski definition) is 1. The van der Waals surface area contributed by atoms with E-state index in [0.717, 1.165) is 10.8 Å². The number of hydrogen-bond acceptors (Lipinski definition) is 5. The molecule has 2 rings (SSSR count). The summed E-state index contributed by atoms with van der Waals surface area (Å²) in [5.74, 6) is 0. The van der Waals surface area contributed by atoms with Crippen LogP contribution in [0.3, 0.4) is 0 Å². The number of aromatic amines is 1. The van der Waals surface area contributed by atoms with Gasteiger partial charge in [0.1, 0.15) is 10.3 Å². The summed E-state index contributed by atoms with van der Waals surface area (Å²) in [7, 11) is 0. The molecule has 0 atom stereocenters. The van der Waals surface area contributed by atoms with Crippen molar-refractivity contribution in [2.45, 2.75) is 6.54 Å². The molecule has 0 aliphatic carbocycles. The van der Waals surface area contributed by atoms with Crippen LogP contribution < -0.4 is 11.2 Å². The number of aromatic nitrogens is 3. The maximum atomic E-state index is 11.6. The van der Waals surface area contributed by atoms with Gasteiger partial charge >= 0.3 is 16.9 Å². The lowest BCUT2D eigenvalue weighted by molar-refractivity contribution is -0.386. The minimum absolute atomic E-state index is 0.0678. The van der Waals surface area contributed by atoms with Gasteiger partial charge in [-0.15, -0.1) is 0 Å². The van der Waals surface area contributed by atoms with Gasteiger partial charge in [-0.3, -0.25) is 24.5 Å². The minimum atomic E-state index is -1.06. The third-order valence-corrected chi connectivity index (χ3v) is 2.96. The first kappa shape index (κ1) is 14.2. The SMILES string of the molecule is O=c1[nH]c(=O)n(Cc2ccc(Cl)nc2Cl)cc1[N+](=O)[O-]. The summed E-state index contributed by atoms with van der Waals surface area (Å²) >= 11 is 11.5. The predicted octanol–water partition coefficient (Wildman–Crippen LogP) is 1.19. The van der Waals surface area contributed by atoms with Gasteiger partial charge in [-0.25, -0.2) is 9.78 Å². The average Bonchev–Trinajstić information content (AvgIpc) is 2.35. The fraction of sp³-hybridized carbons (Fsp3) is 0.100. The van der Waals surface area contributed by atoms with E-state index in [1.165, 1.54) is 12.1 Å². The maximum absolute atomic E-state index is 11.6. The fourth-order valence-corrected chi connectivity index (χ4v) is 1.89. The highest BCUT2D eigenvalue weighted by Gasteiger charge is 2.15. The van der Waals surface area contributed by atoms with Gasteiger partial charge in [-0.05, 0) is 6.07 Å². The largest absolute Gasteiger partial charge is 0.350 e. The van der Waals surface area contributed by atoms with E-state index in [9.17, 15) is 19.7 Å². The highest BCUT2D eigenvalue weighted by molar-refractivity contribution is 6.32. The third kappa shape index (κ3) is 2.86. The molecule has 104 valence electrons. The van der Waals surface area contributed by atoms with E-state index < -0.39 is 21.9 Å². The molecule has 20 heavy (non-hydrogen) atoms. The molecule has 0 unspecified atom stereocenters. The Morgan fingerprint density at radius 1 is 1.35 bits per heavy atom. The Morgan fingerprint density at radius 2 is 2.05 bits per heavy atom. The van der Waals surface area contributed by atoms with Crippen LogP contribution in [0.25, 0.3) is 0 Å². The third-order valence-electron chi connectivity index (χ3n) is 2.42. The zero-order chi connectivity index (χ0) is 14.9. The molecular formula is C10H6Cl2N4O4.